The molecule has 1 nitrogen and oxygen atoms in total. The minimum absolute atomic E-state index is 0.154. The van der Waals surface area contributed by atoms with E-state index in [1.54, 1.807) is 0 Å². The van der Waals surface area contributed by atoms with Crippen LogP contribution in [0.3, 0.4) is 0 Å². The van der Waals surface area contributed by atoms with Gasteiger partial charge < -0.3 is 5.11 Å². The summed E-state index contributed by atoms with van der Waals surface area (Å²) in [4.78, 5) is 1.29. The van der Waals surface area contributed by atoms with Crippen LogP contribution in [0.15, 0.2) is 47.4 Å². The molecule has 0 bridgehead atoms. The van der Waals surface area contributed by atoms with E-state index in [9.17, 15) is 5.11 Å². The van der Waals surface area contributed by atoms with Crippen LogP contribution in [0.5, 0.6) is 0 Å². The van der Waals surface area contributed by atoms with Gasteiger partial charge >= 0.3 is 0 Å². The van der Waals surface area contributed by atoms with Gasteiger partial charge in [0, 0.05) is 5.92 Å². The van der Waals surface area contributed by atoms with E-state index in [2.05, 4.69) is 26.8 Å². The zero-order valence-electron chi connectivity index (χ0n) is 14.2. The number of benzene rings is 1. The quantitative estimate of drug-likeness (QED) is 0.541. The van der Waals surface area contributed by atoms with Gasteiger partial charge in [0.05, 0.1) is 6.10 Å². The number of aliphatic hydroxyl groups is 1. The van der Waals surface area contributed by atoms with Crippen molar-refractivity contribution in [2.75, 3.05) is 5.75 Å². The Hall–Kier alpha value is -0.990. The molecule has 0 unspecified atom stereocenters. The van der Waals surface area contributed by atoms with E-state index in [0.29, 0.717) is 0 Å². The third-order valence-electron chi connectivity index (χ3n) is 3.80. The Bertz CT molecular complexity index is 450. The predicted molar refractivity (Wildman–Crippen MR) is 101 cm³/mol. The standard InChI is InChI=1S/C20H30OS/c1-4-6-7-11-16-22-20(5-2)17(3)19(21)15-14-18-12-9-8-10-13-18/h5,8-10,12-15,17,19,21H,4,6-7,11,16H2,1-3H3/b15-14+,20-5-/t17-,19-/m0/s1. The molecule has 1 N–H and O–H groups in total. The number of aliphatic hydroxyl groups excluding tert-OH is 1. The van der Waals surface area contributed by atoms with Crippen LogP contribution in [-0.4, -0.2) is 17.0 Å². The van der Waals surface area contributed by atoms with Crippen LogP contribution in [0, 0.1) is 5.92 Å². The Morgan fingerprint density at radius 1 is 1.18 bits per heavy atom. The summed E-state index contributed by atoms with van der Waals surface area (Å²) < 4.78 is 0. The zero-order valence-corrected chi connectivity index (χ0v) is 15.0. The summed E-state index contributed by atoms with van der Waals surface area (Å²) in [6, 6.07) is 10.1. The average Bonchev–Trinajstić information content (AvgIpc) is 2.56. The fourth-order valence-corrected chi connectivity index (χ4v) is 3.46. The molecule has 0 fully saturated rings. The van der Waals surface area contributed by atoms with Crippen LogP contribution in [0.4, 0.5) is 0 Å². The minimum atomic E-state index is -0.436. The molecule has 1 aromatic carbocycles. The average molecular weight is 319 g/mol. The molecule has 0 aliphatic rings. The molecule has 1 aromatic rings. The molecule has 0 spiro atoms. The summed E-state index contributed by atoms with van der Waals surface area (Å²) in [6.45, 7) is 6.41. The molecule has 0 aliphatic heterocycles. The Morgan fingerprint density at radius 2 is 1.91 bits per heavy atom. The van der Waals surface area contributed by atoms with E-state index in [0.717, 1.165) is 11.3 Å². The van der Waals surface area contributed by atoms with Gasteiger partial charge in [0.1, 0.15) is 0 Å². The van der Waals surface area contributed by atoms with Crippen LogP contribution in [0.2, 0.25) is 0 Å². The molecule has 0 saturated carbocycles. The van der Waals surface area contributed by atoms with E-state index in [1.165, 1.54) is 30.6 Å². The van der Waals surface area contributed by atoms with Crippen LogP contribution in [0.1, 0.15) is 52.0 Å². The zero-order chi connectivity index (χ0) is 16.2. The summed E-state index contributed by atoms with van der Waals surface area (Å²) in [6.07, 6.45) is 10.8. The second kappa shape index (κ2) is 11.6. The maximum atomic E-state index is 10.4. The summed E-state index contributed by atoms with van der Waals surface area (Å²) in [5, 5.41) is 10.4. The second-order valence-corrected chi connectivity index (χ2v) is 6.82. The summed E-state index contributed by atoms with van der Waals surface area (Å²) in [5.74, 6) is 1.31. The van der Waals surface area contributed by atoms with Crippen molar-refractivity contribution < 1.29 is 5.11 Å². The van der Waals surface area contributed by atoms with E-state index in [1.807, 2.05) is 54.2 Å². The summed E-state index contributed by atoms with van der Waals surface area (Å²) in [5.41, 5.74) is 1.13. The van der Waals surface area contributed by atoms with Gasteiger partial charge in [-0.25, -0.2) is 0 Å². The smallest absolute Gasteiger partial charge is 0.0794 e. The van der Waals surface area contributed by atoms with E-state index < -0.39 is 6.10 Å². The fraction of sp³-hybridized carbons (Fsp3) is 0.500. The Balaban J connectivity index is 2.45. The number of unbranched alkanes of at least 4 members (excludes halogenated alkanes) is 3. The van der Waals surface area contributed by atoms with Crippen molar-refractivity contribution in [3.05, 3.63) is 53.0 Å². The highest BCUT2D eigenvalue weighted by Gasteiger charge is 2.15. The monoisotopic (exact) mass is 318 g/mol. The van der Waals surface area contributed by atoms with Gasteiger partial charge in [-0.2, -0.15) is 0 Å². The Labute approximate surface area is 140 Å². The van der Waals surface area contributed by atoms with Gasteiger partial charge in [-0.1, -0.05) is 81.7 Å². The minimum Gasteiger partial charge on any atom is -0.388 e. The lowest BCUT2D eigenvalue weighted by Gasteiger charge is -2.19. The molecule has 1 rings (SSSR count). The number of hydrogen-bond acceptors (Lipinski definition) is 2. The van der Waals surface area contributed by atoms with Crippen molar-refractivity contribution >= 4 is 17.8 Å². The topological polar surface area (TPSA) is 20.2 Å². The molecule has 22 heavy (non-hydrogen) atoms. The highest BCUT2D eigenvalue weighted by atomic mass is 32.2. The van der Waals surface area contributed by atoms with Crippen molar-refractivity contribution in [1.29, 1.82) is 0 Å². The molecule has 0 saturated heterocycles. The van der Waals surface area contributed by atoms with Gasteiger partial charge in [0.15, 0.2) is 0 Å². The first-order chi connectivity index (χ1) is 10.7. The third-order valence-corrected chi connectivity index (χ3v) is 5.23. The fourth-order valence-electron chi connectivity index (χ4n) is 2.31. The van der Waals surface area contributed by atoms with Crippen molar-refractivity contribution in [3.8, 4) is 0 Å². The summed E-state index contributed by atoms with van der Waals surface area (Å²) in [7, 11) is 0. The third kappa shape index (κ3) is 7.33. The predicted octanol–water partition coefficient (Wildman–Crippen LogP) is 5.91. The SMILES string of the molecule is C/C=C(\SCCCCCC)[C@@H](C)[C@@H](O)/C=C/c1ccccc1. The number of thioether (sulfide) groups is 1. The molecule has 0 aromatic heterocycles. The molecular weight excluding hydrogens is 288 g/mol. The van der Waals surface area contributed by atoms with E-state index >= 15 is 0 Å². The van der Waals surface area contributed by atoms with Crippen LogP contribution < -0.4 is 0 Å². The highest BCUT2D eigenvalue weighted by Crippen LogP contribution is 2.28. The first-order valence-corrected chi connectivity index (χ1v) is 9.38. The molecule has 0 heterocycles. The molecule has 2 atom stereocenters. The van der Waals surface area contributed by atoms with E-state index in [4.69, 9.17) is 0 Å². The normalized spacial score (nSPS) is 15.2. The van der Waals surface area contributed by atoms with Gasteiger partial charge in [-0.15, -0.1) is 11.8 Å². The maximum absolute atomic E-state index is 10.4. The first kappa shape index (κ1) is 19.1. The Morgan fingerprint density at radius 3 is 2.55 bits per heavy atom. The van der Waals surface area contributed by atoms with E-state index in [-0.39, 0.29) is 5.92 Å². The molecule has 0 amide bonds. The van der Waals surface area contributed by atoms with Crippen molar-refractivity contribution in [1.82, 2.24) is 0 Å². The van der Waals surface area contributed by atoms with Crippen molar-refractivity contribution in [3.63, 3.8) is 0 Å². The first-order valence-electron chi connectivity index (χ1n) is 8.39. The van der Waals surface area contributed by atoms with Gasteiger partial charge in [0.2, 0.25) is 0 Å². The lowest BCUT2D eigenvalue weighted by molar-refractivity contribution is 0.184. The second-order valence-electron chi connectivity index (χ2n) is 5.65. The highest BCUT2D eigenvalue weighted by molar-refractivity contribution is 8.03. The van der Waals surface area contributed by atoms with Crippen LogP contribution in [0.25, 0.3) is 6.08 Å². The van der Waals surface area contributed by atoms with Crippen LogP contribution in [-0.2, 0) is 0 Å². The largest absolute Gasteiger partial charge is 0.388 e. The molecule has 122 valence electrons. The summed E-state index contributed by atoms with van der Waals surface area (Å²) >= 11 is 1.90. The number of allylic oxidation sites excluding steroid dienone is 1. The Kier molecular flexibility index (Phi) is 10.0. The lowest BCUT2D eigenvalue weighted by Crippen LogP contribution is -2.16. The molecular formula is C20H30OS. The molecule has 0 aliphatic carbocycles. The van der Waals surface area contributed by atoms with Gasteiger partial charge in [0.25, 0.3) is 0 Å². The molecule has 2 heteroatoms. The number of hydrogen-bond donors (Lipinski definition) is 1. The maximum Gasteiger partial charge on any atom is 0.0794 e. The van der Waals surface area contributed by atoms with Gasteiger partial charge in [-0.3, -0.25) is 0 Å². The van der Waals surface area contributed by atoms with Crippen molar-refractivity contribution in [2.24, 2.45) is 5.92 Å². The lowest BCUT2D eigenvalue weighted by atomic mass is 10.0. The van der Waals surface area contributed by atoms with Crippen LogP contribution >= 0.6 is 11.8 Å². The van der Waals surface area contributed by atoms with Crippen molar-refractivity contribution in [2.45, 2.75) is 52.6 Å². The molecule has 0 radical (unpaired) electrons. The van der Waals surface area contributed by atoms with Gasteiger partial charge in [-0.05, 0) is 29.6 Å². The number of rotatable bonds is 10.